The molecule has 6 nitrogen and oxygen atoms in total. The zero-order valence-corrected chi connectivity index (χ0v) is 62.3. The smallest absolute Gasteiger partial charge is 0.399 e. The van der Waals surface area contributed by atoms with Gasteiger partial charge < -0.3 is 29.7 Å². The summed E-state index contributed by atoms with van der Waals surface area (Å²) in [7, 11) is 7.57. The van der Waals surface area contributed by atoms with Crippen molar-refractivity contribution in [3.63, 3.8) is 0 Å². The van der Waals surface area contributed by atoms with E-state index in [-0.39, 0.29) is 0 Å². The predicted octanol–water partition coefficient (Wildman–Crippen LogP) is 18.7. The Hall–Kier alpha value is -9.12. The molecule has 4 radical (unpaired) electrons. The molecule has 104 heavy (non-hydrogen) atoms. The topological polar surface area (TPSA) is 99.4 Å². The third-order valence-electron chi connectivity index (χ3n) is 23.4. The third kappa shape index (κ3) is 11.6. The minimum atomic E-state index is -1.01. The molecule has 1 fully saturated rings. The molecule has 5 aliphatic rings. The fourth-order valence-corrected chi connectivity index (χ4v) is 16.5. The molecule has 2 spiro atoms. The summed E-state index contributed by atoms with van der Waals surface area (Å²) < 4.78 is 13.1. The van der Waals surface area contributed by atoms with E-state index in [0.717, 1.165) is 10.5 Å². The van der Waals surface area contributed by atoms with Gasteiger partial charge in [-0.15, -0.1) is 0 Å². The molecule has 0 saturated carbocycles. The van der Waals surface area contributed by atoms with E-state index in [2.05, 4.69) is 346 Å². The zero-order chi connectivity index (χ0) is 74.0. The second-order valence-electron chi connectivity index (χ2n) is 31.1. The van der Waals surface area contributed by atoms with E-state index in [1.54, 1.807) is 55.4 Å². The summed E-state index contributed by atoms with van der Waals surface area (Å²) in [6.07, 6.45) is 0. The Morgan fingerprint density at radius 2 is 0.490 bits per heavy atom. The van der Waals surface area contributed by atoms with E-state index in [1.165, 1.54) is 111 Å². The number of fused-ring (bicyclic) bond motifs is 18. The normalized spacial score (nSPS) is 16.4. The van der Waals surface area contributed by atoms with Crippen LogP contribution in [0, 0.1) is 0 Å². The SMILES string of the molecule is CC(C)(O)C(C)(C)O.CC(C)(O)C(C)(C)O.CC1(C)OB(c2ccc3c(c2)-c2ccccc2C32c3ccccc3C(c3ccccc3)(c3ccccc3)c3ccccc32)OC1(C)C.Clc1ccc2c(c1)-c1ccccc1C21c2ccccc2C(c2ccccc2)(c2ccccc2)c2ccccc21.[B][B]. The van der Waals surface area contributed by atoms with Gasteiger partial charge in [0, 0.05) is 20.5 Å². The van der Waals surface area contributed by atoms with E-state index < -0.39 is 62.4 Å². The van der Waals surface area contributed by atoms with Gasteiger partial charge in [0.25, 0.3) is 0 Å². The van der Waals surface area contributed by atoms with E-state index in [4.69, 9.17) is 41.3 Å². The standard InChI is InChI=1S/C44H37BO2.C38H25Cl.2C6H14O2.B2/c1-41(2)42(3,4)47-45(46-41)32-27-28-36-34(29-32)33-21-11-12-22-35(33)44(36)39-25-15-13-23-37(39)43(30-17-7-5-8-18-30,31-19-9-6-10-20-31)38-24-14-16-26-40(38)44;39-28-23-24-32-30(25-28)29-17-7-8-18-31(29)38(32)35-21-11-9-19-33(35)37(26-13-3-1-4-14-26,27-15-5-2-6-16-27)34-20-10-12-22-36(34)38;2*1-5(2,7)6(3,4)8;1-2/h5-29H,1-4H3;1-25H;2*7-8H,1-4H3;. The van der Waals surface area contributed by atoms with Gasteiger partial charge in [-0.25, -0.2) is 0 Å². The van der Waals surface area contributed by atoms with Gasteiger partial charge in [0.2, 0.25) is 0 Å². The monoisotopic (exact) mass is 1380 g/mol. The molecule has 1 saturated heterocycles. The average Bonchev–Trinajstić information content (AvgIpc) is 1.40. The molecule has 4 aliphatic carbocycles. The van der Waals surface area contributed by atoms with Crippen LogP contribution in [0.2, 0.25) is 5.02 Å². The van der Waals surface area contributed by atoms with Gasteiger partial charge in [0.1, 0.15) is 0 Å². The molecular formula is C94H90B3ClO6. The Balaban J connectivity index is 0.000000151. The van der Waals surface area contributed by atoms with Crippen LogP contribution in [0.25, 0.3) is 22.3 Å². The van der Waals surface area contributed by atoms with Crippen molar-refractivity contribution in [3.8, 4) is 22.3 Å². The van der Waals surface area contributed by atoms with Gasteiger partial charge >= 0.3 is 7.12 Å². The first-order chi connectivity index (χ1) is 49.6. The van der Waals surface area contributed by atoms with Crippen molar-refractivity contribution in [2.24, 2.45) is 0 Å². The molecule has 1 heterocycles. The molecule has 12 aromatic carbocycles. The van der Waals surface area contributed by atoms with Crippen molar-refractivity contribution < 1.29 is 29.7 Å². The lowest BCUT2D eigenvalue weighted by Gasteiger charge is -2.50. The summed E-state index contributed by atoms with van der Waals surface area (Å²) in [6, 6.07) is 112. The summed E-state index contributed by atoms with van der Waals surface area (Å²) in [5, 5.41) is 37.2. The first-order valence-corrected chi connectivity index (χ1v) is 36.3. The lowest BCUT2D eigenvalue weighted by atomic mass is 9.51. The lowest BCUT2D eigenvalue weighted by Crippen LogP contribution is -2.44. The van der Waals surface area contributed by atoms with Crippen LogP contribution in [-0.4, -0.2) is 76.6 Å². The summed E-state index contributed by atoms with van der Waals surface area (Å²) in [4.78, 5) is 0. The van der Waals surface area contributed by atoms with Crippen molar-refractivity contribution >= 4 is 39.7 Å². The number of rotatable bonds is 7. The quantitative estimate of drug-likeness (QED) is 0.119. The number of aliphatic hydroxyl groups is 4. The lowest BCUT2D eigenvalue weighted by molar-refractivity contribution is -0.107. The summed E-state index contributed by atoms with van der Waals surface area (Å²) in [6.45, 7) is 21.1. The highest BCUT2D eigenvalue weighted by molar-refractivity contribution is 6.75. The molecule has 1 aliphatic heterocycles. The van der Waals surface area contributed by atoms with Crippen LogP contribution < -0.4 is 5.46 Å². The Labute approximate surface area is 623 Å². The summed E-state index contributed by atoms with van der Waals surface area (Å²) in [5.74, 6) is 0. The number of halogens is 1. The third-order valence-corrected chi connectivity index (χ3v) is 23.6. The van der Waals surface area contributed by atoms with Gasteiger partial charge in [-0.2, -0.15) is 0 Å². The number of hydrogen-bond acceptors (Lipinski definition) is 6. The van der Waals surface area contributed by atoms with Crippen LogP contribution in [0.15, 0.2) is 303 Å². The Morgan fingerprint density at radius 1 is 0.269 bits per heavy atom. The maximum absolute atomic E-state index is 9.10. The molecule has 0 amide bonds. The van der Waals surface area contributed by atoms with Crippen molar-refractivity contribution in [2.75, 3.05) is 0 Å². The van der Waals surface area contributed by atoms with Crippen LogP contribution in [0.4, 0.5) is 0 Å². The average molecular weight is 1380 g/mol. The Kier molecular flexibility index (Phi) is 19.3. The van der Waals surface area contributed by atoms with Crippen molar-refractivity contribution in [3.05, 3.63) is 397 Å². The largest absolute Gasteiger partial charge is 0.494 e. The minimum absolute atomic E-state index is 0.407. The molecule has 518 valence electrons. The second kappa shape index (κ2) is 27.4. The van der Waals surface area contributed by atoms with Crippen molar-refractivity contribution in [1.29, 1.82) is 0 Å². The van der Waals surface area contributed by atoms with E-state index in [1.807, 2.05) is 0 Å². The molecule has 10 heteroatoms. The van der Waals surface area contributed by atoms with Crippen LogP contribution in [0.3, 0.4) is 0 Å². The van der Waals surface area contributed by atoms with Gasteiger partial charge in [-0.1, -0.05) is 303 Å². The second-order valence-corrected chi connectivity index (χ2v) is 31.5. The van der Waals surface area contributed by atoms with E-state index in [9.17, 15) is 0 Å². The number of hydrogen-bond donors (Lipinski definition) is 4. The van der Waals surface area contributed by atoms with Gasteiger partial charge in [0.05, 0.1) is 55.3 Å². The highest BCUT2D eigenvalue weighted by Crippen LogP contribution is 2.67. The maximum atomic E-state index is 9.10. The fourth-order valence-electron chi connectivity index (χ4n) is 16.3. The Bertz CT molecular complexity index is 4840. The molecule has 0 atom stereocenters. The molecule has 0 bridgehead atoms. The minimum Gasteiger partial charge on any atom is -0.399 e. The molecule has 12 aromatic rings. The number of benzene rings is 12. The zero-order valence-electron chi connectivity index (χ0n) is 61.6. The summed E-state index contributed by atoms with van der Waals surface area (Å²) >= 11 is 6.62. The van der Waals surface area contributed by atoms with Crippen molar-refractivity contribution in [2.45, 2.75) is 138 Å². The van der Waals surface area contributed by atoms with E-state index in [0.29, 0.717) is 0 Å². The van der Waals surface area contributed by atoms with Crippen LogP contribution in [-0.2, 0) is 31.0 Å². The molecule has 4 N–H and O–H groups in total. The first-order valence-electron chi connectivity index (χ1n) is 35.9. The predicted molar refractivity (Wildman–Crippen MR) is 429 cm³/mol. The molecule has 0 unspecified atom stereocenters. The maximum Gasteiger partial charge on any atom is 0.494 e. The fraction of sp³-hybridized carbons (Fsp3) is 0.234. The Morgan fingerprint density at radius 3 is 0.769 bits per heavy atom. The van der Waals surface area contributed by atoms with E-state index >= 15 is 0 Å². The van der Waals surface area contributed by atoms with Gasteiger partial charge in [-0.3, -0.25) is 0 Å². The molecule has 0 aromatic heterocycles. The first kappa shape index (κ1) is 73.2. The van der Waals surface area contributed by atoms with Crippen LogP contribution in [0.1, 0.15) is 172 Å². The molecule has 17 rings (SSSR count). The van der Waals surface area contributed by atoms with Crippen LogP contribution >= 0.6 is 11.6 Å². The van der Waals surface area contributed by atoms with Gasteiger partial charge in [-0.05, 0) is 212 Å². The highest BCUT2D eigenvalue weighted by atomic mass is 35.5. The van der Waals surface area contributed by atoms with Gasteiger partial charge in [0.15, 0.2) is 0 Å². The van der Waals surface area contributed by atoms with Crippen molar-refractivity contribution in [1.82, 2.24) is 0 Å². The van der Waals surface area contributed by atoms with Crippen LogP contribution in [0.5, 0.6) is 0 Å². The molecular weight excluding hydrogens is 1290 g/mol. The highest BCUT2D eigenvalue weighted by Gasteiger charge is 2.60. The summed E-state index contributed by atoms with van der Waals surface area (Å²) in [5.41, 5.74) is 20.1.